The Balaban J connectivity index is 2.16. The van der Waals surface area contributed by atoms with Gasteiger partial charge in [-0.1, -0.05) is 0 Å². The van der Waals surface area contributed by atoms with Gasteiger partial charge in [0.1, 0.15) is 5.82 Å². The Hall–Kier alpha value is -1.38. The van der Waals surface area contributed by atoms with Crippen LogP contribution in [0.2, 0.25) is 0 Å². The van der Waals surface area contributed by atoms with Crippen molar-refractivity contribution < 1.29 is 4.79 Å². The van der Waals surface area contributed by atoms with Crippen molar-refractivity contribution in [2.75, 3.05) is 11.4 Å². The van der Waals surface area contributed by atoms with E-state index in [1.807, 2.05) is 12.1 Å². The van der Waals surface area contributed by atoms with Crippen molar-refractivity contribution in [2.24, 2.45) is 0 Å². The molecule has 1 fully saturated rings. The quantitative estimate of drug-likeness (QED) is 0.693. The second-order valence-corrected chi connectivity index (χ2v) is 4.11. The Kier molecular flexibility index (Phi) is 2.99. The molecule has 0 aromatic carbocycles. The molecule has 3 heteroatoms. The molecule has 3 nitrogen and oxygen atoms in total. The van der Waals surface area contributed by atoms with E-state index < -0.39 is 0 Å². The van der Waals surface area contributed by atoms with Crippen LogP contribution in [0.5, 0.6) is 0 Å². The zero-order chi connectivity index (χ0) is 10.7. The third kappa shape index (κ3) is 2.17. The first-order valence-corrected chi connectivity index (χ1v) is 5.49. The first-order chi connectivity index (χ1) is 7.31. The van der Waals surface area contributed by atoms with Gasteiger partial charge in [0.2, 0.25) is 0 Å². The normalized spacial score (nSPS) is 21.4. The highest BCUT2D eigenvalue weighted by Crippen LogP contribution is 2.22. The Morgan fingerprint density at radius 1 is 1.47 bits per heavy atom. The van der Waals surface area contributed by atoms with Crippen molar-refractivity contribution >= 4 is 12.1 Å². The van der Waals surface area contributed by atoms with E-state index in [4.69, 9.17) is 0 Å². The summed E-state index contributed by atoms with van der Waals surface area (Å²) in [6.07, 6.45) is 6.25. The van der Waals surface area contributed by atoms with Crippen molar-refractivity contribution in [3.05, 3.63) is 23.9 Å². The van der Waals surface area contributed by atoms with Crippen molar-refractivity contribution in [3.63, 3.8) is 0 Å². The smallest absolute Gasteiger partial charge is 0.151 e. The van der Waals surface area contributed by atoms with Gasteiger partial charge in [-0.25, -0.2) is 4.98 Å². The summed E-state index contributed by atoms with van der Waals surface area (Å²) >= 11 is 0. The van der Waals surface area contributed by atoms with Crippen LogP contribution in [0, 0.1) is 0 Å². The largest absolute Gasteiger partial charge is 0.354 e. The summed E-state index contributed by atoms with van der Waals surface area (Å²) in [5, 5.41) is 0. The van der Waals surface area contributed by atoms with Crippen molar-refractivity contribution in [3.8, 4) is 0 Å². The van der Waals surface area contributed by atoms with Gasteiger partial charge >= 0.3 is 0 Å². The van der Waals surface area contributed by atoms with Crippen molar-refractivity contribution in [1.82, 2.24) is 4.98 Å². The van der Waals surface area contributed by atoms with Gasteiger partial charge < -0.3 is 4.90 Å². The number of nitrogens with zero attached hydrogens (tertiary/aromatic N) is 2. The minimum atomic E-state index is 0.563. The molecule has 0 spiro atoms. The molecule has 1 aromatic heterocycles. The van der Waals surface area contributed by atoms with Crippen LogP contribution in [0.25, 0.3) is 0 Å². The Labute approximate surface area is 90.1 Å². The molecular formula is C12H16N2O. The molecule has 1 unspecified atom stereocenters. The SMILES string of the molecule is CC1CCCCN1c1ccc(C=O)cn1. The molecule has 2 heterocycles. The molecule has 0 radical (unpaired) electrons. The molecule has 2 rings (SSSR count). The number of rotatable bonds is 2. The fourth-order valence-electron chi connectivity index (χ4n) is 2.08. The Morgan fingerprint density at radius 2 is 2.33 bits per heavy atom. The maximum Gasteiger partial charge on any atom is 0.151 e. The lowest BCUT2D eigenvalue weighted by atomic mass is 10.0. The van der Waals surface area contributed by atoms with Gasteiger partial charge in [0.05, 0.1) is 0 Å². The van der Waals surface area contributed by atoms with E-state index in [-0.39, 0.29) is 0 Å². The molecular weight excluding hydrogens is 188 g/mol. The fourth-order valence-corrected chi connectivity index (χ4v) is 2.08. The van der Waals surface area contributed by atoms with Crippen LogP contribution in [0.1, 0.15) is 36.5 Å². The van der Waals surface area contributed by atoms with Gasteiger partial charge in [-0.05, 0) is 38.3 Å². The summed E-state index contributed by atoms with van der Waals surface area (Å²) in [5.41, 5.74) is 0.642. The zero-order valence-electron chi connectivity index (χ0n) is 9.02. The highest BCUT2D eigenvalue weighted by molar-refractivity contribution is 5.74. The van der Waals surface area contributed by atoms with Crippen LogP contribution in [-0.2, 0) is 0 Å². The molecule has 0 bridgehead atoms. The lowest BCUT2D eigenvalue weighted by Gasteiger charge is -2.34. The number of aromatic nitrogens is 1. The molecule has 0 amide bonds. The van der Waals surface area contributed by atoms with Crippen LogP contribution in [0.4, 0.5) is 5.82 Å². The summed E-state index contributed by atoms with van der Waals surface area (Å²) in [4.78, 5) is 17.1. The van der Waals surface area contributed by atoms with Gasteiger partial charge in [-0.15, -0.1) is 0 Å². The van der Waals surface area contributed by atoms with Gasteiger partial charge in [0.25, 0.3) is 0 Å². The van der Waals surface area contributed by atoms with Gasteiger partial charge in [0.15, 0.2) is 6.29 Å². The predicted octanol–water partition coefficient (Wildman–Crippen LogP) is 2.27. The van der Waals surface area contributed by atoms with Crippen LogP contribution >= 0.6 is 0 Å². The van der Waals surface area contributed by atoms with E-state index >= 15 is 0 Å². The van der Waals surface area contributed by atoms with E-state index in [0.29, 0.717) is 11.6 Å². The number of piperidine rings is 1. The second kappa shape index (κ2) is 4.43. The van der Waals surface area contributed by atoms with Crippen LogP contribution < -0.4 is 4.90 Å². The van der Waals surface area contributed by atoms with Crippen LogP contribution in [-0.4, -0.2) is 23.9 Å². The molecule has 0 N–H and O–H groups in total. The highest BCUT2D eigenvalue weighted by Gasteiger charge is 2.18. The average molecular weight is 204 g/mol. The summed E-state index contributed by atoms with van der Waals surface area (Å²) in [5.74, 6) is 0.993. The maximum absolute atomic E-state index is 10.5. The molecule has 1 atom stereocenters. The van der Waals surface area contributed by atoms with Gasteiger partial charge in [0, 0.05) is 24.3 Å². The minimum Gasteiger partial charge on any atom is -0.354 e. The zero-order valence-corrected chi connectivity index (χ0v) is 9.02. The van der Waals surface area contributed by atoms with Crippen molar-refractivity contribution in [1.29, 1.82) is 0 Å². The molecule has 1 saturated heterocycles. The van der Waals surface area contributed by atoms with Crippen LogP contribution in [0.15, 0.2) is 18.3 Å². The van der Waals surface area contributed by atoms with E-state index in [9.17, 15) is 4.79 Å². The third-order valence-corrected chi connectivity index (χ3v) is 3.00. The second-order valence-electron chi connectivity index (χ2n) is 4.11. The predicted molar refractivity (Wildman–Crippen MR) is 60.3 cm³/mol. The summed E-state index contributed by atoms with van der Waals surface area (Å²) in [6.45, 7) is 3.31. The monoisotopic (exact) mass is 204 g/mol. The van der Waals surface area contributed by atoms with E-state index in [0.717, 1.165) is 18.6 Å². The topological polar surface area (TPSA) is 33.2 Å². The molecule has 0 saturated carbocycles. The molecule has 15 heavy (non-hydrogen) atoms. The molecule has 1 aliphatic heterocycles. The van der Waals surface area contributed by atoms with E-state index in [1.54, 1.807) is 6.20 Å². The summed E-state index contributed by atoms with van der Waals surface area (Å²) in [7, 11) is 0. The number of pyridine rings is 1. The van der Waals surface area contributed by atoms with Crippen LogP contribution in [0.3, 0.4) is 0 Å². The Bertz CT molecular complexity index is 334. The lowest BCUT2D eigenvalue weighted by Crippen LogP contribution is -2.37. The van der Waals surface area contributed by atoms with E-state index in [2.05, 4.69) is 16.8 Å². The average Bonchev–Trinajstić information content (AvgIpc) is 2.30. The van der Waals surface area contributed by atoms with E-state index in [1.165, 1.54) is 19.3 Å². The number of hydrogen-bond acceptors (Lipinski definition) is 3. The Morgan fingerprint density at radius 3 is 2.93 bits per heavy atom. The number of carbonyl (C=O) groups excluding carboxylic acids is 1. The molecule has 1 aromatic rings. The van der Waals surface area contributed by atoms with Crippen molar-refractivity contribution in [2.45, 2.75) is 32.2 Å². The first-order valence-electron chi connectivity index (χ1n) is 5.49. The molecule has 1 aliphatic rings. The van der Waals surface area contributed by atoms with Gasteiger partial charge in [-0.3, -0.25) is 4.79 Å². The standard InChI is InChI=1S/C12H16N2O/c1-10-4-2-3-7-14(10)12-6-5-11(9-15)8-13-12/h5-6,8-10H,2-4,7H2,1H3. The number of aldehydes is 1. The first kappa shape index (κ1) is 10.1. The summed E-state index contributed by atoms with van der Waals surface area (Å²) in [6, 6.07) is 4.33. The molecule has 0 aliphatic carbocycles. The lowest BCUT2D eigenvalue weighted by molar-refractivity contribution is 0.112. The number of carbonyl (C=O) groups is 1. The summed E-state index contributed by atoms with van der Waals surface area (Å²) < 4.78 is 0. The number of hydrogen-bond donors (Lipinski definition) is 0. The highest BCUT2D eigenvalue weighted by atomic mass is 16.1. The molecule has 80 valence electrons. The maximum atomic E-state index is 10.5. The fraction of sp³-hybridized carbons (Fsp3) is 0.500. The number of anilines is 1. The third-order valence-electron chi connectivity index (χ3n) is 3.00. The van der Waals surface area contributed by atoms with Gasteiger partial charge in [-0.2, -0.15) is 0 Å². The minimum absolute atomic E-state index is 0.563.